The van der Waals surface area contributed by atoms with Crippen LogP contribution in [-0.2, 0) is 0 Å². The fraction of sp³-hybridized carbons (Fsp3) is 0.200. The van der Waals surface area contributed by atoms with Gasteiger partial charge in [0.05, 0.1) is 5.52 Å². The van der Waals surface area contributed by atoms with Gasteiger partial charge < -0.3 is 10.6 Å². The number of nitrogens with two attached hydrogens (primary N) is 1. The van der Waals surface area contributed by atoms with Crippen LogP contribution in [0.4, 0.5) is 11.5 Å². The van der Waals surface area contributed by atoms with Crippen LogP contribution in [0.15, 0.2) is 18.2 Å². The second kappa shape index (κ2) is 3.55. The molecule has 0 atom stereocenters. The Bertz CT molecular complexity index is 505. The van der Waals surface area contributed by atoms with Gasteiger partial charge >= 0.3 is 0 Å². The quantitative estimate of drug-likeness (QED) is 0.592. The zero-order valence-corrected chi connectivity index (χ0v) is 9.28. The first kappa shape index (κ1) is 9.98. The highest BCUT2D eigenvalue weighted by Gasteiger charge is 2.08. The van der Waals surface area contributed by atoms with Gasteiger partial charge in [0.2, 0.25) is 5.28 Å². The van der Waals surface area contributed by atoms with Gasteiger partial charge in [-0.05, 0) is 29.8 Å². The Kier molecular flexibility index (Phi) is 2.36. The van der Waals surface area contributed by atoms with Gasteiger partial charge in [-0.1, -0.05) is 0 Å². The van der Waals surface area contributed by atoms with Crippen molar-refractivity contribution in [1.82, 2.24) is 9.97 Å². The maximum Gasteiger partial charge on any atom is 0.224 e. The summed E-state index contributed by atoms with van der Waals surface area (Å²) in [4.78, 5) is 10.2. The highest BCUT2D eigenvalue weighted by atomic mass is 35.5. The molecule has 0 saturated carbocycles. The maximum absolute atomic E-state index is 5.83. The molecule has 2 rings (SSSR count). The van der Waals surface area contributed by atoms with Gasteiger partial charge in [-0.15, -0.1) is 0 Å². The Morgan fingerprint density at radius 2 is 2.00 bits per heavy atom. The predicted molar refractivity (Wildman–Crippen MR) is 63.3 cm³/mol. The van der Waals surface area contributed by atoms with E-state index < -0.39 is 0 Å². The molecule has 0 amide bonds. The second-order valence-corrected chi connectivity index (χ2v) is 3.83. The van der Waals surface area contributed by atoms with Crippen molar-refractivity contribution in [2.24, 2.45) is 0 Å². The van der Waals surface area contributed by atoms with Gasteiger partial charge in [-0.3, -0.25) is 0 Å². The van der Waals surface area contributed by atoms with Crippen LogP contribution in [0.1, 0.15) is 0 Å². The summed E-state index contributed by atoms with van der Waals surface area (Å²) < 4.78 is 0. The SMILES string of the molecule is CN(C)c1nc(Cl)nc2cc(N)ccc12. The van der Waals surface area contributed by atoms with E-state index in [1.54, 1.807) is 6.07 Å². The summed E-state index contributed by atoms with van der Waals surface area (Å²) in [5.41, 5.74) is 7.11. The molecule has 2 aromatic rings. The van der Waals surface area contributed by atoms with Crippen molar-refractivity contribution in [3.05, 3.63) is 23.5 Å². The van der Waals surface area contributed by atoms with Crippen LogP contribution in [0.25, 0.3) is 10.9 Å². The predicted octanol–water partition coefficient (Wildman–Crippen LogP) is 1.93. The van der Waals surface area contributed by atoms with E-state index in [0.29, 0.717) is 5.69 Å². The van der Waals surface area contributed by atoms with Crippen molar-refractivity contribution < 1.29 is 0 Å². The number of halogens is 1. The molecule has 1 heterocycles. The van der Waals surface area contributed by atoms with Gasteiger partial charge in [0.25, 0.3) is 0 Å². The molecule has 0 aliphatic rings. The normalized spacial score (nSPS) is 10.6. The lowest BCUT2D eigenvalue weighted by molar-refractivity contribution is 1.06. The first-order valence-corrected chi connectivity index (χ1v) is 4.86. The van der Waals surface area contributed by atoms with Gasteiger partial charge in [-0.25, -0.2) is 4.98 Å². The van der Waals surface area contributed by atoms with Crippen molar-refractivity contribution in [1.29, 1.82) is 0 Å². The fourth-order valence-corrected chi connectivity index (χ4v) is 1.61. The third kappa shape index (κ3) is 1.80. The molecular weight excluding hydrogens is 212 g/mol. The van der Waals surface area contributed by atoms with E-state index in [2.05, 4.69) is 9.97 Å². The van der Waals surface area contributed by atoms with Crippen LogP contribution in [0.5, 0.6) is 0 Å². The summed E-state index contributed by atoms with van der Waals surface area (Å²) in [7, 11) is 3.82. The van der Waals surface area contributed by atoms with E-state index in [1.165, 1.54) is 0 Å². The average molecular weight is 223 g/mol. The monoisotopic (exact) mass is 222 g/mol. The largest absolute Gasteiger partial charge is 0.399 e. The highest BCUT2D eigenvalue weighted by molar-refractivity contribution is 6.28. The molecule has 78 valence electrons. The minimum Gasteiger partial charge on any atom is -0.399 e. The summed E-state index contributed by atoms with van der Waals surface area (Å²) in [6, 6.07) is 5.51. The van der Waals surface area contributed by atoms with Crippen molar-refractivity contribution in [2.45, 2.75) is 0 Å². The van der Waals surface area contributed by atoms with Gasteiger partial charge in [0, 0.05) is 25.2 Å². The van der Waals surface area contributed by atoms with E-state index >= 15 is 0 Å². The molecule has 0 fully saturated rings. The van der Waals surface area contributed by atoms with Crippen LogP contribution in [0, 0.1) is 0 Å². The Hall–Kier alpha value is -1.55. The number of rotatable bonds is 1. The second-order valence-electron chi connectivity index (χ2n) is 3.49. The first-order valence-electron chi connectivity index (χ1n) is 4.48. The maximum atomic E-state index is 5.83. The molecular formula is C10H11ClN4. The number of nitrogen functional groups attached to an aromatic ring is 1. The standard InChI is InChI=1S/C10H11ClN4/c1-15(2)9-7-4-3-6(12)5-8(7)13-10(11)14-9/h3-5H,12H2,1-2H3. The molecule has 1 aromatic carbocycles. The van der Waals surface area contributed by atoms with E-state index in [-0.39, 0.29) is 5.28 Å². The lowest BCUT2D eigenvalue weighted by Crippen LogP contribution is -2.11. The smallest absolute Gasteiger partial charge is 0.224 e. The Labute approximate surface area is 92.7 Å². The molecule has 0 saturated heterocycles. The minimum atomic E-state index is 0.233. The molecule has 4 nitrogen and oxygen atoms in total. The molecule has 15 heavy (non-hydrogen) atoms. The molecule has 0 radical (unpaired) electrons. The van der Waals surface area contributed by atoms with Gasteiger partial charge in [-0.2, -0.15) is 4.98 Å². The van der Waals surface area contributed by atoms with Crippen molar-refractivity contribution in [3.8, 4) is 0 Å². The Balaban J connectivity index is 2.80. The number of hydrogen-bond donors (Lipinski definition) is 1. The van der Waals surface area contributed by atoms with Gasteiger partial charge in [0.1, 0.15) is 5.82 Å². The highest BCUT2D eigenvalue weighted by Crippen LogP contribution is 2.25. The molecule has 1 aromatic heterocycles. The molecule has 2 N–H and O–H groups in total. The topological polar surface area (TPSA) is 55.0 Å². The Morgan fingerprint density at radius 3 is 2.67 bits per heavy atom. The van der Waals surface area contributed by atoms with E-state index in [4.69, 9.17) is 17.3 Å². The average Bonchev–Trinajstić information content (AvgIpc) is 2.15. The summed E-state index contributed by atoms with van der Waals surface area (Å²) in [5, 5.41) is 1.18. The van der Waals surface area contributed by atoms with Crippen LogP contribution < -0.4 is 10.6 Å². The number of aromatic nitrogens is 2. The number of benzene rings is 1. The molecule has 0 spiro atoms. The summed E-state index contributed by atoms with van der Waals surface area (Å²) in [6.45, 7) is 0. The molecule has 0 aliphatic carbocycles. The zero-order valence-electron chi connectivity index (χ0n) is 8.53. The number of fused-ring (bicyclic) bond motifs is 1. The molecule has 0 bridgehead atoms. The zero-order chi connectivity index (χ0) is 11.0. The van der Waals surface area contributed by atoms with Crippen molar-refractivity contribution in [3.63, 3.8) is 0 Å². The minimum absolute atomic E-state index is 0.233. The van der Waals surface area contributed by atoms with Crippen LogP contribution >= 0.6 is 11.6 Å². The van der Waals surface area contributed by atoms with Crippen LogP contribution in [-0.4, -0.2) is 24.1 Å². The lowest BCUT2D eigenvalue weighted by Gasteiger charge is -2.13. The van der Waals surface area contributed by atoms with E-state index in [1.807, 2.05) is 31.1 Å². The van der Waals surface area contributed by atoms with Crippen LogP contribution in [0.2, 0.25) is 5.28 Å². The van der Waals surface area contributed by atoms with E-state index in [0.717, 1.165) is 16.7 Å². The number of hydrogen-bond acceptors (Lipinski definition) is 4. The van der Waals surface area contributed by atoms with Gasteiger partial charge in [0.15, 0.2) is 0 Å². The lowest BCUT2D eigenvalue weighted by atomic mass is 10.2. The fourth-order valence-electron chi connectivity index (χ4n) is 1.44. The summed E-state index contributed by atoms with van der Waals surface area (Å²) in [5.74, 6) is 0.796. The third-order valence-corrected chi connectivity index (χ3v) is 2.27. The molecule has 0 aliphatic heterocycles. The molecule has 5 heteroatoms. The van der Waals surface area contributed by atoms with Crippen LogP contribution in [0.3, 0.4) is 0 Å². The van der Waals surface area contributed by atoms with Crippen molar-refractivity contribution >= 4 is 34.0 Å². The third-order valence-electron chi connectivity index (χ3n) is 2.10. The number of anilines is 2. The summed E-state index contributed by atoms with van der Waals surface area (Å²) in [6.07, 6.45) is 0. The number of nitrogens with zero attached hydrogens (tertiary/aromatic N) is 3. The Morgan fingerprint density at radius 1 is 1.27 bits per heavy atom. The molecule has 0 unspecified atom stereocenters. The summed E-state index contributed by atoms with van der Waals surface area (Å²) >= 11 is 5.83. The van der Waals surface area contributed by atoms with Crippen molar-refractivity contribution in [2.75, 3.05) is 24.7 Å². The first-order chi connectivity index (χ1) is 7.08. The van der Waals surface area contributed by atoms with E-state index in [9.17, 15) is 0 Å².